The minimum Gasteiger partial charge on any atom is -0.454 e. The van der Waals surface area contributed by atoms with Gasteiger partial charge >= 0.3 is 0 Å². The SMILES string of the molecule is Cc1cc(C)cc(-c2cc3c4c(c2)N(c2ccc(C)cc2F)c2c(cc(N(c5ccc(C(C)(C)C)cc5)c5ccc(C(C)(C)C)cc5)c5c2oc2ccccc25)B4c2sc4ccc(C(C)(C)C)cc4c2N3c2ccc(C(C)(C)C)cc2)c1. The van der Waals surface area contributed by atoms with Crippen LogP contribution in [-0.4, -0.2) is 6.71 Å². The highest BCUT2D eigenvalue weighted by Crippen LogP contribution is 2.54. The van der Waals surface area contributed by atoms with Gasteiger partial charge in [-0.2, -0.15) is 0 Å². The molecule has 13 rings (SSSR count). The summed E-state index contributed by atoms with van der Waals surface area (Å²) in [6.45, 7) is 33.4. The Hall–Kier alpha value is -7.87. The third-order valence-corrected chi connectivity index (χ3v) is 18.5. The van der Waals surface area contributed by atoms with E-state index in [-0.39, 0.29) is 34.2 Å². The zero-order valence-corrected chi connectivity index (χ0v) is 51.1. The smallest absolute Gasteiger partial charge is 0.264 e. The molecule has 410 valence electrons. The number of furan rings is 1. The van der Waals surface area contributed by atoms with Gasteiger partial charge in [-0.3, -0.25) is 0 Å². The van der Waals surface area contributed by atoms with Gasteiger partial charge in [0.1, 0.15) is 11.4 Å². The number of nitrogens with zero attached hydrogens (tertiary/aromatic N) is 3. The summed E-state index contributed by atoms with van der Waals surface area (Å²) < 4.78 is 27.8. The second-order valence-corrected chi connectivity index (χ2v) is 28.6. The summed E-state index contributed by atoms with van der Waals surface area (Å²) in [7, 11) is 0. The Bertz CT molecular complexity index is 4290. The van der Waals surface area contributed by atoms with E-state index in [1.54, 1.807) is 6.07 Å². The molecule has 2 aliphatic heterocycles. The first-order chi connectivity index (χ1) is 38.8. The highest BCUT2D eigenvalue weighted by atomic mass is 32.1. The van der Waals surface area contributed by atoms with Crippen molar-refractivity contribution in [2.75, 3.05) is 14.7 Å². The minimum atomic E-state index is -0.307. The zero-order chi connectivity index (χ0) is 57.7. The lowest BCUT2D eigenvalue weighted by Gasteiger charge is -2.44. The van der Waals surface area contributed by atoms with Gasteiger partial charge in [0.15, 0.2) is 5.58 Å². The topological polar surface area (TPSA) is 22.9 Å². The second kappa shape index (κ2) is 18.8. The quantitative estimate of drug-likeness (QED) is 0.155. The van der Waals surface area contributed by atoms with Crippen LogP contribution in [0.3, 0.4) is 0 Å². The summed E-state index contributed by atoms with van der Waals surface area (Å²) in [5.41, 5.74) is 22.4. The van der Waals surface area contributed by atoms with Gasteiger partial charge in [-0.25, -0.2) is 4.39 Å². The summed E-state index contributed by atoms with van der Waals surface area (Å²) in [5, 5.41) is 3.17. The molecule has 0 radical (unpaired) electrons. The molecule has 0 spiro atoms. The number of rotatable bonds is 6. The average Bonchev–Trinajstić information content (AvgIpc) is 1.41. The van der Waals surface area contributed by atoms with E-state index in [9.17, 15) is 0 Å². The fourth-order valence-corrected chi connectivity index (χ4v) is 14.1. The van der Waals surface area contributed by atoms with Crippen molar-refractivity contribution in [3.8, 4) is 11.1 Å². The number of thiophene rings is 1. The number of hydrogen-bond acceptors (Lipinski definition) is 5. The molecule has 4 nitrogen and oxygen atoms in total. The largest absolute Gasteiger partial charge is 0.454 e. The predicted octanol–water partition coefficient (Wildman–Crippen LogP) is 20.3. The van der Waals surface area contributed by atoms with E-state index in [0.717, 1.165) is 83.8 Å². The molecule has 9 aromatic carbocycles. The Kier molecular flexibility index (Phi) is 12.3. The molecule has 11 aromatic rings. The zero-order valence-electron chi connectivity index (χ0n) is 50.3. The van der Waals surface area contributed by atoms with Crippen LogP contribution in [0, 0.1) is 26.6 Å². The van der Waals surface area contributed by atoms with E-state index in [2.05, 4.69) is 263 Å². The third kappa shape index (κ3) is 8.85. The van der Waals surface area contributed by atoms with Crippen LogP contribution in [0.5, 0.6) is 0 Å². The monoisotopic (exact) mass is 1090 g/mol. The molecule has 82 heavy (non-hydrogen) atoms. The van der Waals surface area contributed by atoms with Crippen molar-refractivity contribution in [2.24, 2.45) is 0 Å². The summed E-state index contributed by atoms with van der Waals surface area (Å²) in [6, 6.07) is 62.8. The van der Waals surface area contributed by atoms with E-state index in [1.165, 1.54) is 53.9 Å². The van der Waals surface area contributed by atoms with E-state index in [1.807, 2.05) is 30.4 Å². The van der Waals surface area contributed by atoms with Gasteiger partial charge in [0, 0.05) is 48.7 Å². The molecule has 0 N–H and O–H groups in total. The standard InChI is InChI=1S/C75H73BFN3OS/c1-44-20-34-60(59(77)39-44)80-63-41-48(47-37-45(2)36-46(3)38-47)40-62-67(63)76(71-68(57-42-52(75(13,14)15)27-35-65(57)82-71)79(62)55-32-25-51(26-33-55)74(10,11)12)58-43-61(66-56-18-16-17-19-64(56)81-70(66)69(58)80)78(53-28-21-49(22-29-53)72(4,5)6)54-30-23-50(24-31-54)73(7,8)9/h16-43H,1-15H3. The molecule has 0 unspecified atom stereocenters. The summed E-state index contributed by atoms with van der Waals surface area (Å²) in [6.07, 6.45) is 0. The molecular weight excluding hydrogens is 1020 g/mol. The molecule has 7 heteroatoms. The lowest BCUT2D eigenvalue weighted by atomic mass is 9.36. The van der Waals surface area contributed by atoms with Crippen molar-refractivity contribution in [1.29, 1.82) is 0 Å². The van der Waals surface area contributed by atoms with Crippen LogP contribution < -0.4 is 30.4 Å². The van der Waals surface area contributed by atoms with Crippen LogP contribution in [0.15, 0.2) is 174 Å². The van der Waals surface area contributed by atoms with E-state index in [4.69, 9.17) is 4.42 Å². The fraction of sp³-hybridized carbons (Fsp3) is 0.253. The number of aryl methyl sites for hydroxylation is 3. The van der Waals surface area contributed by atoms with Crippen molar-refractivity contribution < 1.29 is 8.81 Å². The second-order valence-electron chi connectivity index (χ2n) is 27.5. The Labute approximate surface area is 489 Å². The third-order valence-electron chi connectivity index (χ3n) is 17.2. The molecular formula is C75H73BFN3OS. The molecule has 2 aliphatic rings. The van der Waals surface area contributed by atoms with Crippen LogP contribution in [-0.2, 0) is 21.7 Å². The van der Waals surface area contributed by atoms with Crippen molar-refractivity contribution in [3.63, 3.8) is 0 Å². The summed E-state index contributed by atoms with van der Waals surface area (Å²) in [4.78, 5) is 7.20. The number of anilines is 9. The van der Waals surface area contributed by atoms with Crippen LogP contribution in [0.25, 0.3) is 43.2 Å². The number of benzene rings is 9. The van der Waals surface area contributed by atoms with Crippen molar-refractivity contribution in [3.05, 3.63) is 215 Å². The number of hydrogen-bond donors (Lipinski definition) is 0. The molecule has 0 aliphatic carbocycles. The molecule has 2 aromatic heterocycles. The molecule has 0 fully saturated rings. The van der Waals surface area contributed by atoms with Crippen LogP contribution in [0.1, 0.15) is 122 Å². The highest BCUT2D eigenvalue weighted by Gasteiger charge is 2.48. The Morgan fingerprint density at radius 2 is 1.01 bits per heavy atom. The lowest BCUT2D eigenvalue weighted by molar-refractivity contribution is 0.590. The Balaban J connectivity index is 1.22. The molecule has 0 amide bonds. The van der Waals surface area contributed by atoms with Gasteiger partial charge in [0.05, 0.1) is 28.1 Å². The molecule has 0 bridgehead atoms. The molecule has 0 atom stereocenters. The van der Waals surface area contributed by atoms with Crippen LogP contribution in [0.4, 0.5) is 55.6 Å². The van der Waals surface area contributed by atoms with Gasteiger partial charge < -0.3 is 19.1 Å². The van der Waals surface area contributed by atoms with Gasteiger partial charge in [0.25, 0.3) is 6.71 Å². The van der Waals surface area contributed by atoms with E-state index in [0.29, 0.717) is 11.3 Å². The van der Waals surface area contributed by atoms with Crippen molar-refractivity contribution in [1.82, 2.24) is 0 Å². The van der Waals surface area contributed by atoms with Crippen LogP contribution >= 0.6 is 11.3 Å². The Morgan fingerprint density at radius 1 is 0.476 bits per heavy atom. The minimum absolute atomic E-state index is 0.0470. The highest BCUT2D eigenvalue weighted by molar-refractivity contribution is 7.33. The first-order valence-corrected chi connectivity index (χ1v) is 29.9. The average molecular weight is 1090 g/mol. The maximum Gasteiger partial charge on any atom is 0.264 e. The maximum atomic E-state index is 17.8. The van der Waals surface area contributed by atoms with Gasteiger partial charge in [0.2, 0.25) is 0 Å². The van der Waals surface area contributed by atoms with Gasteiger partial charge in [-0.15, -0.1) is 11.3 Å². The molecule has 0 saturated carbocycles. The lowest BCUT2D eigenvalue weighted by Crippen LogP contribution is -2.60. The summed E-state index contributed by atoms with van der Waals surface area (Å²) in [5.74, 6) is -0.300. The van der Waals surface area contributed by atoms with E-state index < -0.39 is 0 Å². The van der Waals surface area contributed by atoms with Crippen molar-refractivity contribution in [2.45, 2.75) is 126 Å². The van der Waals surface area contributed by atoms with Gasteiger partial charge in [-0.05, 0) is 177 Å². The number of halogens is 1. The predicted molar refractivity (Wildman–Crippen MR) is 352 cm³/mol. The van der Waals surface area contributed by atoms with Crippen molar-refractivity contribution >= 4 is 117 Å². The molecule has 4 heterocycles. The number of para-hydroxylation sites is 1. The maximum absolute atomic E-state index is 17.8. The molecule has 0 saturated heterocycles. The fourth-order valence-electron chi connectivity index (χ4n) is 12.8. The number of fused-ring (bicyclic) bond motifs is 10. The summed E-state index contributed by atoms with van der Waals surface area (Å²) >= 11 is 1.88. The van der Waals surface area contributed by atoms with Gasteiger partial charge in [-0.1, -0.05) is 179 Å². The Morgan fingerprint density at radius 3 is 1.59 bits per heavy atom. The van der Waals surface area contributed by atoms with Crippen LogP contribution in [0.2, 0.25) is 0 Å². The van der Waals surface area contributed by atoms with E-state index >= 15 is 4.39 Å². The first kappa shape index (κ1) is 53.4. The normalized spacial score (nSPS) is 13.5. The first-order valence-electron chi connectivity index (χ1n) is 29.1.